The molecule has 106 valence electrons. The van der Waals surface area contributed by atoms with E-state index in [2.05, 4.69) is 20.7 Å². The van der Waals surface area contributed by atoms with Crippen LogP contribution in [0.5, 0.6) is 0 Å². The van der Waals surface area contributed by atoms with Crippen LogP contribution >= 0.6 is 15.9 Å². The Morgan fingerprint density at radius 3 is 2.58 bits per heavy atom. The Kier molecular flexibility index (Phi) is 5.51. The predicted molar refractivity (Wildman–Crippen MR) is 75.3 cm³/mol. The number of aliphatic carboxylic acids is 1. The van der Waals surface area contributed by atoms with Gasteiger partial charge in [0.15, 0.2) is 0 Å². The Labute approximate surface area is 121 Å². The van der Waals surface area contributed by atoms with E-state index in [-0.39, 0.29) is 10.8 Å². The molecule has 2 atom stereocenters. The molecule has 7 heteroatoms. The molecule has 0 spiro atoms. The van der Waals surface area contributed by atoms with Crippen molar-refractivity contribution in [1.82, 2.24) is 4.72 Å². The third-order valence-electron chi connectivity index (χ3n) is 2.87. The molecule has 0 aliphatic rings. The summed E-state index contributed by atoms with van der Waals surface area (Å²) in [6.45, 7) is 3.51. The van der Waals surface area contributed by atoms with Crippen molar-refractivity contribution in [2.45, 2.75) is 31.2 Å². The maximum atomic E-state index is 12.1. The van der Waals surface area contributed by atoms with E-state index in [1.54, 1.807) is 19.1 Å². The molecule has 0 radical (unpaired) electrons. The van der Waals surface area contributed by atoms with Crippen LogP contribution in [0.25, 0.3) is 0 Å². The highest BCUT2D eigenvalue weighted by molar-refractivity contribution is 9.10. The van der Waals surface area contributed by atoms with E-state index in [1.807, 2.05) is 6.92 Å². The van der Waals surface area contributed by atoms with Crippen LogP contribution in [-0.4, -0.2) is 25.5 Å². The summed E-state index contributed by atoms with van der Waals surface area (Å²) in [5, 5.41) is 9.10. The van der Waals surface area contributed by atoms with Crippen molar-refractivity contribution in [3.05, 3.63) is 28.7 Å². The lowest BCUT2D eigenvalue weighted by molar-refractivity contribution is -0.140. The molecule has 0 aromatic heterocycles. The Morgan fingerprint density at radius 2 is 2.11 bits per heavy atom. The fourth-order valence-electron chi connectivity index (χ4n) is 1.52. The van der Waals surface area contributed by atoms with Gasteiger partial charge in [-0.05, 0) is 24.1 Å². The molecule has 1 aromatic rings. The molecule has 0 aliphatic carbocycles. The van der Waals surface area contributed by atoms with E-state index >= 15 is 0 Å². The van der Waals surface area contributed by atoms with Gasteiger partial charge < -0.3 is 5.11 Å². The number of carboxylic acids is 1. The molecule has 1 rings (SSSR count). The third kappa shape index (κ3) is 4.29. The molecule has 0 saturated carbocycles. The Balaban J connectivity index is 3.04. The van der Waals surface area contributed by atoms with Gasteiger partial charge in [-0.2, -0.15) is 4.72 Å². The second-order valence-corrected chi connectivity index (χ2v) is 6.91. The molecule has 19 heavy (non-hydrogen) atoms. The standard InChI is InChI=1S/C12H16BrNO4S/c1-3-8(2)11(12(15)16)14-19(17,18)10-6-4-5-9(13)7-10/h4-8,11,14H,3H2,1-2H3,(H,15,16)/t8?,11-/m0/s1. The zero-order valence-electron chi connectivity index (χ0n) is 10.6. The van der Waals surface area contributed by atoms with E-state index < -0.39 is 22.0 Å². The van der Waals surface area contributed by atoms with Crippen molar-refractivity contribution in [3.63, 3.8) is 0 Å². The lowest BCUT2D eigenvalue weighted by Gasteiger charge is -2.20. The van der Waals surface area contributed by atoms with Gasteiger partial charge in [0.25, 0.3) is 0 Å². The van der Waals surface area contributed by atoms with Crippen LogP contribution in [0, 0.1) is 5.92 Å². The van der Waals surface area contributed by atoms with Crippen molar-refractivity contribution >= 4 is 31.9 Å². The quantitative estimate of drug-likeness (QED) is 0.824. The smallest absolute Gasteiger partial charge is 0.322 e. The number of carboxylic acid groups (broad SMARTS) is 1. The van der Waals surface area contributed by atoms with Crippen LogP contribution in [0.15, 0.2) is 33.6 Å². The summed E-state index contributed by atoms with van der Waals surface area (Å²) in [6.07, 6.45) is 0.567. The summed E-state index contributed by atoms with van der Waals surface area (Å²) < 4.78 is 27.1. The minimum atomic E-state index is -3.84. The molecule has 2 N–H and O–H groups in total. The molecule has 0 saturated heterocycles. The van der Waals surface area contributed by atoms with Gasteiger partial charge >= 0.3 is 5.97 Å². The van der Waals surface area contributed by atoms with Crippen molar-refractivity contribution in [1.29, 1.82) is 0 Å². The number of rotatable bonds is 6. The first kappa shape index (κ1) is 16.1. The Bertz CT molecular complexity index is 559. The maximum absolute atomic E-state index is 12.1. The number of benzene rings is 1. The molecule has 5 nitrogen and oxygen atoms in total. The summed E-state index contributed by atoms with van der Waals surface area (Å²) in [7, 11) is -3.84. The Hall–Kier alpha value is -0.920. The monoisotopic (exact) mass is 349 g/mol. The minimum absolute atomic E-state index is 0.0384. The van der Waals surface area contributed by atoms with E-state index in [9.17, 15) is 13.2 Å². The first-order valence-electron chi connectivity index (χ1n) is 5.78. The van der Waals surface area contributed by atoms with Crippen molar-refractivity contribution in [2.24, 2.45) is 5.92 Å². The largest absolute Gasteiger partial charge is 0.480 e. The molecule has 0 aliphatic heterocycles. The molecule has 0 heterocycles. The molecular formula is C12H16BrNO4S. The summed E-state index contributed by atoms with van der Waals surface area (Å²) in [4.78, 5) is 11.2. The Morgan fingerprint density at radius 1 is 1.47 bits per heavy atom. The normalized spacial score (nSPS) is 14.9. The van der Waals surface area contributed by atoms with Crippen LogP contribution < -0.4 is 4.72 Å². The number of carbonyl (C=O) groups is 1. The van der Waals surface area contributed by atoms with Gasteiger partial charge in [-0.3, -0.25) is 4.79 Å². The lowest BCUT2D eigenvalue weighted by atomic mass is 10.0. The van der Waals surface area contributed by atoms with Gasteiger partial charge in [-0.15, -0.1) is 0 Å². The molecule has 0 fully saturated rings. The number of hydrogen-bond donors (Lipinski definition) is 2. The first-order valence-corrected chi connectivity index (χ1v) is 8.06. The highest BCUT2D eigenvalue weighted by atomic mass is 79.9. The van der Waals surface area contributed by atoms with Gasteiger partial charge in [0, 0.05) is 4.47 Å². The fraction of sp³-hybridized carbons (Fsp3) is 0.417. The van der Waals surface area contributed by atoms with Crippen LogP contribution in [0.3, 0.4) is 0 Å². The molecular weight excluding hydrogens is 334 g/mol. The van der Waals surface area contributed by atoms with E-state index in [1.165, 1.54) is 12.1 Å². The zero-order chi connectivity index (χ0) is 14.6. The summed E-state index contributed by atoms with van der Waals surface area (Å²) >= 11 is 3.18. The van der Waals surface area contributed by atoms with Crippen molar-refractivity contribution in [2.75, 3.05) is 0 Å². The molecule has 1 unspecified atom stereocenters. The van der Waals surface area contributed by atoms with Gasteiger partial charge in [0.05, 0.1) is 4.90 Å². The zero-order valence-corrected chi connectivity index (χ0v) is 13.0. The fourth-order valence-corrected chi connectivity index (χ4v) is 3.41. The SMILES string of the molecule is CCC(C)[C@H](NS(=O)(=O)c1cccc(Br)c1)C(=O)O. The topological polar surface area (TPSA) is 83.5 Å². The second-order valence-electron chi connectivity index (χ2n) is 4.28. The summed E-state index contributed by atoms with van der Waals surface area (Å²) in [6, 6.07) is 4.99. The number of sulfonamides is 1. The van der Waals surface area contributed by atoms with Crippen LogP contribution in [0.1, 0.15) is 20.3 Å². The number of hydrogen-bond acceptors (Lipinski definition) is 3. The lowest BCUT2D eigenvalue weighted by Crippen LogP contribution is -2.44. The van der Waals surface area contributed by atoms with Gasteiger partial charge in [0.2, 0.25) is 10.0 Å². The molecule has 0 amide bonds. The summed E-state index contributed by atoms with van der Waals surface area (Å²) in [5.74, 6) is -1.47. The van der Waals surface area contributed by atoms with Gasteiger partial charge in [0.1, 0.15) is 6.04 Å². The van der Waals surface area contributed by atoms with E-state index in [4.69, 9.17) is 5.11 Å². The van der Waals surface area contributed by atoms with Gasteiger partial charge in [-0.1, -0.05) is 42.3 Å². The van der Waals surface area contributed by atoms with Crippen molar-refractivity contribution in [3.8, 4) is 0 Å². The third-order valence-corrected chi connectivity index (χ3v) is 4.80. The predicted octanol–water partition coefficient (Wildman–Crippen LogP) is 2.23. The second kappa shape index (κ2) is 6.49. The number of halogens is 1. The average Bonchev–Trinajstić information content (AvgIpc) is 2.35. The average molecular weight is 350 g/mol. The highest BCUT2D eigenvalue weighted by Crippen LogP contribution is 2.18. The van der Waals surface area contributed by atoms with E-state index in [0.717, 1.165) is 0 Å². The number of nitrogens with one attached hydrogen (secondary N) is 1. The molecule has 0 bridgehead atoms. The summed E-state index contributed by atoms with van der Waals surface area (Å²) in [5.41, 5.74) is 0. The maximum Gasteiger partial charge on any atom is 0.322 e. The van der Waals surface area contributed by atoms with Crippen LogP contribution in [0.4, 0.5) is 0 Å². The van der Waals surface area contributed by atoms with Crippen LogP contribution in [0.2, 0.25) is 0 Å². The minimum Gasteiger partial charge on any atom is -0.480 e. The highest BCUT2D eigenvalue weighted by Gasteiger charge is 2.29. The van der Waals surface area contributed by atoms with Gasteiger partial charge in [-0.25, -0.2) is 8.42 Å². The van der Waals surface area contributed by atoms with Crippen molar-refractivity contribution < 1.29 is 18.3 Å². The molecule has 1 aromatic carbocycles. The van der Waals surface area contributed by atoms with E-state index in [0.29, 0.717) is 10.9 Å². The van der Waals surface area contributed by atoms with Crippen LogP contribution in [-0.2, 0) is 14.8 Å². The first-order chi connectivity index (χ1) is 8.77.